The molecule has 212 valence electrons. The number of hydrogen-bond donors (Lipinski definition) is 4. The Bertz CT molecular complexity index is 1200. The molecule has 4 amide bonds. The number of aryl methyl sites for hydroxylation is 1. The smallest absolute Gasteiger partial charge is 0.246 e. The Morgan fingerprint density at radius 3 is 2.41 bits per heavy atom. The van der Waals surface area contributed by atoms with Crippen LogP contribution in [0.3, 0.4) is 0 Å². The molecular weight excluding hydrogens is 518 g/mol. The number of thiazole rings is 1. The molecule has 1 aliphatic rings. The second-order valence-electron chi connectivity index (χ2n) is 10.9. The van der Waals surface area contributed by atoms with Crippen LogP contribution >= 0.6 is 11.3 Å². The first-order chi connectivity index (χ1) is 18.3. The fourth-order valence-corrected chi connectivity index (χ4v) is 5.85. The summed E-state index contributed by atoms with van der Waals surface area (Å²) in [6.45, 7) is 10.6. The third-order valence-corrected chi connectivity index (χ3v) is 7.76. The molecule has 0 radical (unpaired) electrons. The third kappa shape index (κ3) is 7.63. The normalized spacial score (nSPS) is 19.3. The largest absolute Gasteiger partial charge is 0.391 e. The number of hydrogen-bond acceptors (Lipinski definition) is 7. The molecule has 1 aliphatic heterocycles. The third-order valence-electron chi connectivity index (χ3n) is 6.78. The van der Waals surface area contributed by atoms with Crippen molar-refractivity contribution in [2.75, 3.05) is 6.54 Å². The number of rotatable bonds is 10. The van der Waals surface area contributed by atoms with E-state index < -0.39 is 35.5 Å². The maximum atomic E-state index is 13.3. The maximum absolute atomic E-state index is 13.3. The number of amides is 4. The Balaban J connectivity index is 1.62. The van der Waals surface area contributed by atoms with Gasteiger partial charge in [0.15, 0.2) is 0 Å². The van der Waals surface area contributed by atoms with Crippen molar-refractivity contribution in [2.45, 2.75) is 84.7 Å². The van der Waals surface area contributed by atoms with E-state index in [1.54, 1.807) is 18.3 Å². The van der Waals surface area contributed by atoms with Gasteiger partial charge >= 0.3 is 0 Å². The average Bonchev–Trinajstić information content (AvgIpc) is 3.46. The molecule has 4 N–H and O–H groups in total. The van der Waals surface area contributed by atoms with E-state index in [1.807, 2.05) is 50.5 Å². The fraction of sp³-hybridized carbons (Fsp3) is 0.536. The van der Waals surface area contributed by atoms with Crippen LogP contribution in [-0.2, 0) is 25.7 Å². The molecule has 10 nitrogen and oxygen atoms in total. The minimum Gasteiger partial charge on any atom is -0.391 e. The molecule has 1 aromatic carbocycles. The highest BCUT2D eigenvalue weighted by Gasteiger charge is 2.42. The number of nitrogens with one attached hydrogen (secondary N) is 3. The van der Waals surface area contributed by atoms with Gasteiger partial charge in [-0.3, -0.25) is 19.2 Å². The summed E-state index contributed by atoms with van der Waals surface area (Å²) in [6.07, 6.45) is -0.351. The minimum atomic E-state index is -1.19. The Hall–Kier alpha value is -3.31. The number of carbonyl (C=O) groups excluding carboxylic acids is 4. The van der Waals surface area contributed by atoms with Gasteiger partial charge in [0.2, 0.25) is 23.6 Å². The van der Waals surface area contributed by atoms with Gasteiger partial charge in [0.25, 0.3) is 0 Å². The molecule has 11 heteroatoms. The molecule has 2 aromatic rings. The van der Waals surface area contributed by atoms with Crippen molar-refractivity contribution in [3.8, 4) is 10.4 Å². The molecule has 3 rings (SSSR count). The zero-order valence-electron chi connectivity index (χ0n) is 23.4. The van der Waals surface area contributed by atoms with E-state index in [9.17, 15) is 24.3 Å². The van der Waals surface area contributed by atoms with Crippen molar-refractivity contribution >= 4 is 35.0 Å². The lowest BCUT2D eigenvalue weighted by atomic mass is 9.89. The second-order valence-corrected chi connectivity index (χ2v) is 11.7. The number of aliphatic hydroxyl groups is 1. The monoisotopic (exact) mass is 557 g/mol. The number of benzene rings is 1. The minimum absolute atomic E-state index is 0.00497. The SMILES string of the molecule is CC(=O)N[C@@](C)(CC(C)C)C(=O)N[C@@H](C)C(=O)N1C[C@H](O)C[C@H]1C(=O)NCc1ccc(-c2scnc2C)cc1. The quantitative estimate of drug-likeness (QED) is 0.353. The average molecular weight is 558 g/mol. The van der Waals surface area contributed by atoms with E-state index >= 15 is 0 Å². The number of likely N-dealkylation sites (tertiary alicyclic amines) is 1. The van der Waals surface area contributed by atoms with Crippen LogP contribution in [0.4, 0.5) is 0 Å². The molecule has 0 aliphatic carbocycles. The van der Waals surface area contributed by atoms with Crippen LogP contribution in [0.15, 0.2) is 29.8 Å². The van der Waals surface area contributed by atoms with Crippen molar-refractivity contribution < 1.29 is 24.3 Å². The van der Waals surface area contributed by atoms with Gasteiger partial charge < -0.3 is 26.0 Å². The van der Waals surface area contributed by atoms with Crippen LogP contribution < -0.4 is 16.0 Å². The first-order valence-electron chi connectivity index (χ1n) is 13.2. The van der Waals surface area contributed by atoms with Crippen molar-refractivity contribution in [1.82, 2.24) is 25.8 Å². The van der Waals surface area contributed by atoms with E-state index in [0.717, 1.165) is 21.7 Å². The van der Waals surface area contributed by atoms with Crippen LogP contribution in [-0.4, -0.2) is 68.9 Å². The van der Waals surface area contributed by atoms with Gasteiger partial charge in [-0.05, 0) is 44.2 Å². The summed E-state index contributed by atoms with van der Waals surface area (Å²) in [5.41, 5.74) is 3.54. The Morgan fingerprint density at radius 1 is 1.18 bits per heavy atom. The maximum Gasteiger partial charge on any atom is 0.246 e. The van der Waals surface area contributed by atoms with Gasteiger partial charge in [-0.1, -0.05) is 38.1 Å². The zero-order chi connectivity index (χ0) is 28.9. The Kier molecular flexibility index (Phi) is 9.84. The van der Waals surface area contributed by atoms with E-state index in [-0.39, 0.29) is 37.2 Å². The van der Waals surface area contributed by atoms with E-state index in [2.05, 4.69) is 20.9 Å². The van der Waals surface area contributed by atoms with Crippen molar-refractivity contribution in [1.29, 1.82) is 0 Å². The summed E-state index contributed by atoms with van der Waals surface area (Å²) < 4.78 is 0. The van der Waals surface area contributed by atoms with Crippen molar-refractivity contribution in [2.24, 2.45) is 5.92 Å². The molecule has 1 saturated heterocycles. The van der Waals surface area contributed by atoms with Crippen molar-refractivity contribution in [3.63, 3.8) is 0 Å². The standard InChI is InChI=1S/C28H39N5O5S/c1-16(2)12-28(6,32-19(5)34)27(38)31-18(4)26(37)33-14-22(35)11-23(33)25(36)29-13-20-7-9-21(10-8-20)24-17(3)30-15-39-24/h7-10,15-16,18,22-23,35H,11-14H2,1-6H3,(H,29,36)(H,31,38)(H,32,34)/t18-,22+,23-,28-/m0/s1. The lowest BCUT2D eigenvalue weighted by Crippen LogP contribution is -2.61. The van der Waals surface area contributed by atoms with E-state index in [1.165, 1.54) is 18.7 Å². The predicted octanol–water partition coefficient (Wildman–Crippen LogP) is 2.14. The molecule has 0 bridgehead atoms. The topological polar surface area (TPSA) is 141 Å². The molecule has 2 heterocycles. The first kappa shape index (κ1) is 30.2. The molecule has 1 aromatic heterocycles. The number of β-amino-alcohol motifs (C(OH)–C–C–N with tert-alkyl or cyclic N) is 1. The van der Waals surface area contributed by atoms with E-state index in [0.29, 0.717) is 6.42 Å². The van der Waals surface area contributed by atoms with Crippen LogP contribution in [0.25, 0.3) is 10.4 Å². The first-order valence-corrected chi connectivity index (χ1v) is 14.0. The number of aromatic nitrogens is 1. The lowest BCUT2D eigenvalue weighted by molar-refractivity contribution is -0.142. The van der Waals surface area contributed by atoms with E-state index in [4.69, 9.17) is 0 Å². The number of nitrogens with zero attached hydrogens (tertiary/aromatic N) is 2. The summed E-state index contributed by atoms with van der Waals surface area (Å²) in [7, 11) is 0. The zero-order valence-corrected chi connectivity index (χ0v) is 24.2. The summed E-state index contributed by atoms with van der Waals surface area (Å²) in [4.78, 5) is 57.9. The summed E-state index contributed by atoms with van der Waals surface area (Å²) >= 11 is 1.57. The van der Waals surface area contributed by atoms with Gasteiger partial charge in [0.1, 0.15) is 17.6 Å². The van der Waals surface area contributed by atoms with Crippen LogP contribution in [0.2, 0.25) is 0 Å². The molecule has 39 heavy (non-hydrogen) atoms. The molecule has 0 spiro atoms. The summed E-state index contributed by atoms with van der Waals surface area (Å²) in [5, 5.41) is 18.5. The Labute approximate surface area is 233 Å². The van der Waals surface area contributed by atoms with Crippen LogP contribution in [0.5, 0.6) is 0 Å². The Morgan fingerprint density at radius 2 is 1.85 bits per heavy atom. The fourth-order valence-electron chi connectivity index (χ4n) is 5.04. The summed E-state index contributed by atoms with van der Waals surface area (Å²) in [5.74, 6) is -1.55. The predicted molar refractivity (Wildman–Crippen MR) is 150 cm³/mol. The highest BCUT2D eigenvalue weighted by molar-refractivity contribution is 7.13. The second kappa shape index (κ2) is 12.7. The molecule has 1 fully saturated rings. The highest BCUT2D eigenvalue weighted by atomic mass is 32.1. The molecule has 0 saturated carbocycles. The molecule has 4 atom stereocenters. The number of carbonyl (C=O) groups is 4. The van der Waals surface area contributed by atoms with Crippen molar-refractivity contribution in [3.05, 3.63) is 41.0 Å². The summed E-state index contributed by atoms with van der Waals surface area (Å²) in [6, 6.07) is 6.01. The van der Waals surface area contributed by atoms with Gasteiger partial charge in [0, 0.05) is 26.4 Å². The highest BCUT2D eigenvalue weighted by Crippen LogP contribution is 2.27. The van der Waals surface area contributed by atoms with Gasteiger partial charge in [-0.15, -0.1) is 11.3 Å². The lowest BCUT2D eigenvalue weighted by Gasteiger charge is -2.33. The van der Waals surface area contributed by atoms with Gasteiger partial charge in [-0.25, -0.2) is 4.98 Å². The van der Waals surface area contributed by atoms with Gasteiger partial charge in [-0.2, -0.15) is 0 Å². The molecular formula is C28H39N5O5S. The van der Waals surface area contributed by atoms with Gasteiger partial charge in [0.05, 0.1) is 22.2 Å². The van der Waals surface area contributed by atoms with Crippen LogP contribution in [0, 0.1) is 12.8 Å². The number of aliphatic hydroxyl groups excluding tert-OH is 1. The van der Waals surface area contributed by atoms with Crippen LogP contribution in [0.1, 0.15) is 58.7 Å². The molecule has 0 unspecified atom stereocenters.